The quantitative estimate of drug-likeness (QED) is 0.928. The number of aliphatic hydroxyl groups is 1. The minimum atomic E-state index is -0.644. The van der Waals surface area contributed by atoms with E-state index in [1.807, 2.05) is 12.1 Å². The van der Waals surface area contributed by atoms with Crippen molar-refractivity contribution in [3.63, 3.8) is 0 Å². The Hall–Kier alpha value is -1.03. The average molecular weight is 295 g/mol. The third kappa shape index (κ3) is 2.38. The summed E-state index contributed by atoms with van der Waals surface area (Å²) in [5.74, 6) is 0.703. The molecule has 2 aromatic rings. The fourth-order valence-corrected chi connectivity index (χ4v) is 4.03. The molecule has 0 fully saturated rings. The topological polar surface area (TPSA) is 29.5 Å². The van der Waals surface area contributed by atoms with Gasteiger partial charge in [0, 0.05) is 15.3 Å². The molecule has 0 saturated carbocycles. The minimum absolute atomic E-state index is 0.542. The first-order chi connectivity index (χ1) is 9.19. The Bertz CT molecular complexity index is 585. The van der Waals surface area contributed by atoms with E-state index in [2.05, 4.69) is 6.07 Å². The van der Waals surface area contributed by atoms with Crippen molar-refractivity contribution >= 4 is 22.9 Å². The Morgan fingerprint density at radius 1 is 1.32 bits per heavy atom. The van der Waals surface area contributed by atoms with Gasteiger partial charge in [0.25, 0.3) is 0 Å². The molecule has 1 heterocycles. The zero-order chi connectivity index (χ0) is 13.4. The molecule has 1 unspecified atom stereocenters. The molecule has 0 radical (unpaired) electrons. The maximum Gasteiger partial charge on any atom is 0.120 e. The zero-order valence-electron chi connectivity index (χ0n) is 10.6. The van der Waals surface area contributed by atoms with Gasteiger partial charge in [0.2, 0.25) is 0 Å². The van der Waals surface area contributed by atoms with Gasteiger partial charge in [0.1, 0.15) is 11.9 Å². The predicted molar refractivity (Wildman–Crippen MR) is 78.4 cm³/mol. The van der Waals surface area contributed by atoms with Crippen LogP contribution >= 0.6 is 22.9 Å². The van der Waals surface area contributed by atoms with Gasteiger partial charge in [0.15, 0.2) is 0 Å². The number of benzene rings is 1. The van der Waals surface area contributed by atoms with Crippen molar-refractivity contribution in [3.05, 3.63) is 50.2 Å². The lowest BCUT2D eigenvalue weighted by atomic mass is 10.1. The first kappa shape index (κ1) is 13.0. The standard InChI is InChI=1S/C15H15ClO2S/c1-18-10-5-6-11(12(16)8-10)15(17)14-7-9-3-2-4-13(9)19-14/h5-8,15,17H,2-4H2,1H3. The highest BCUT2D eigenvalue weighted by atomic mass is 35.5. The number of ether oxygens (including phenoxy) is 1. The van der Waals surface area contributed by atoms with Crippen LogP contribution in [-0.2, 0) is 12.8 Å². The lowest BCUT2D eigenvalue weighted by Crippen LogP contribution is -1.98. The molecule has 4 heteroatoms. The molecule has 1 aromatic heterocycles. The second kappa shape index (κ2) is 5.16. The fourth-order valence-electron chi connectivity index (χ4n) is 2.50. The van der Waals surface area contributed by atoms with Crippen LogP contribution in [0.15, 0.2) is 24.3 Å². The molecular formula is C15H15ClO2S. The molecule has 1 N–H and O–H groups in total. The van der Waals surface area contributed by atoms with Crippen molar-refractivity contribution < 1.29 is 9.84 Å². The first-order valence-electron chi connectivity index (χ1n) is 6.32. The summed E-state index contributed by atoms with van der Waals surface area (Å²) in [5.41, 5.74) is 2.13. The van der Waals surface area contributed by atoms with Crippen LogP contribution in [0.4, 0.5) is 0 Å². The number of thiophene rings is 1. The van der Waals surface area contributed by atoms with E-state index in [9.17, 15) is 5.11 Å². The second-order valence-corrected chi connectivity index (χ2v) is 6.32. The highest BCUT2D eigenvalue weighted by molar-refractivity contribution is 7.12. The van der Waals surface area contributed by atoms with Gasteiger partial charge in [-0.2, -0.15) is 0 Å². The van der Waals surface area contributed by atoms with Crippen LogP contribution in [0.25, 0.3) is 0 Å². The largest absolute Gasteiger partial charge is 0.497 e. The number of halogens is 1. The average Bonchev–Trinajstić information content (AvgIpc) is 2.98. The number of hydrogen-bond acceptors (Lipinski definition) is 3. The Balaban J connectivity index is 1.92. The van der Waals surface area contributed by atoms with Crippen molar-refractivity contribution in [2.24, 2.45) is 0 Å². The fraction of sp³-hybridized carbons (Fsp3) is 0.333. The predicted octanol–water partition coefficient (Wildman–Crippen LogP) is 3.98. The summed E-state index contributed by atoms with van der Waals surface area (Å²) in [6.45, 7) is 0. The van der Waals surface area contributed by atoms with E-state index in [-0.39, 0.29) is 0 Å². The maximum absolute atomic E-state index is 10.5. The van der Waals surface area contributed by atoms with Gasteiger partial charge in [0.05, 0.1) is 12.1 Å². The lowest BCUT2D eigenvalue weighted by molar-refractivity contribution is 0.224. The van der Waals surface area contributed by atoms with Crippen molar-refractivity contribution in [2.75, 3.05) is 7.11 Å². The number of hydrogen-bond donors (Lipinski definition) is 1. The maximum atomic E-state index is 10.5. The summed E-state index contributed by atoms with van der Waals surface area (Å²) in [4.78, 5) is 2.40. The zero-order valence-corrected chi connectivity index (χ0v) is 12.2. The van der Waals surface area contributed by atoms with Crippen LogP contribution in [0.1, 0.15) is 33.4 Å². The molecule has 1 aliphatic rings. The van der Waals surface area contributed by atoms with Gasteiger partial charge in [-0.1, -0.05) is 17.7 Å². The number of aliphatic hydroxyl groups excluding tert-OH is 1. The van der Waals surface area contributed by atoms with E-state index >= 15 is 0 Å². The summed E-state index contributed by atoms with van der Waals surface area (Å²) in [5, 5.41) is 11.0. The normalized spacial score (nSPS) is 15.3. The monoisotopic (exact) mass is 294 g/mol. The van der Waals surface area contributed by atoms with Crippen molar-refractivity contribution in [3.8, 4) is 5.75 Å². The SMILES string of the molecule is COc1ccc(C(O)c2cc3c(s2)CCC3)c(Cl)c1. The number of rotatable bonds is 3. The van der Waals surface area contributed by atoms with Crippen LogP contribution in [0.3, 0.4) is 0 Å². The van der Waals surface area contributed by atoms with Crippen molar-refractivity contribution in [1.29, 1.82) is 0 Å². The highest BCUT2D eigenvalue weighted by Gasteiger charge is 2.21. The molecule has 0 aliphatic heterocycles. The third-order valence-electron chi connectivity index (χ3n) is 3.54. The second-order valence-electron chi connectivity index (χ2n) is 4.74. The molecule has 100 valence electrons. The number of methoxy groups -OCH3 is 1. The molecular weight excluding hydrogens is 280 g/mol. The Morgan fingerprint density at radius 2 is 2.16 bits per heavy atom. The number of fused-ring (bicyclic) bond motifs is 1. The smallest absolute Gasteiger partial charge is 0.120 e. The first-order valence-corrected chi connectivity index (χ1v) is 7.51. The van der Waals surface area contributed by atoms with E-state index in [1.54, 1.807) is 24.5 Å². The molecule has 3 rings (SSSR count). The van der Waals surface area contributed by atoms with Crippen LogP contribution in [0, 0.1) is 0 Å². The summed E-state index contributed by atoms with van der Waals surface area (Å²) in [6, 6.07) is 7.52. The van der Waals surface area contributed by atoms with E-state index in [4.69, 9.17) is 16.3 Å². The molecule has 1 aromatic carbocycles. The Labute approximate surface area is 121 Å². The molecule has 1 aliphatic carbocycles. The van der Waals surface area contributed by atoms with Crippen LogP contribution < -0.4 is 4.74 Å². The van der Waals surface area contributed by atoms with Crippen LogP contribution in [0.5, 0.6) is 5.75 Å². The number of aryl methyl sites for hydroxylation is 2. The molecule has 19 heavy (non-hydrogen) atoms. The van der Waals surface area contributed by atoms with E-state index in [0.29, 0.717) is 10.8 Å². The van der Waals surface area contributed by atoms with Gasteiger partial charge < -0.3 is 9.84 Å². The van der Waals surface area contributed by atoms with Gasteiger partial charge in [-0.15, -0.1) is 11.3 Å². The molecule has 1 atom stereocenters. The van der Waals surface area contributed by atoms with E-state index in [0.717, 1.165) is 23.3 Å². The third-order valence-corrected chi connectivity index (χ3v) is 5.15. The highest BCUT2D eigenvalue weighted by Crippen LogP contribution is 2.38. The van der Waals surface area contributed by atoms with Gasteiger partial charge in [-0.25, -0.2) is 0 Å². The molecule has 0 bridgehead atoms. The molecule has 0 amide bonds. The van der Waals surface area contributed by atoms with Gasteiger partial charge in [-0.3, -0.25) is 0 Å². The van der Waals surface area contributed by atoms with Crippen LogP contribution in [0.2, 0.25) is 5.02 Å². The summed E-state index contributed by atoms with van der Waals surface area (Å²) in [6.07, 6.45) is 2.87. The van der Waals surface area contributed by atoms with Gasteiger partial charge in [-0.05, 0) is 43.0 Å². The van der Waals surface area contributed by atoms with E-state index < -0.39 is 6.10 Å². The lowest BCUT2D eigenvalue weighted by Gasteiger charge is -2.12. The summed E-state index contributed by atoms with van der Waals surface area (Å²) >= 11 is 7.92. The minimum Gasteiger partial charge on any atom is -0.497 e. The molecule has 0 spiro atoms. The molecule has 2 nitrogen and oxygen atoms in total. The van der Waals surface area contributed by atoms with Crippen molar-refractivity contribution in [1.82, 2.24) is 0 Å². The van der Waals surface area contributed by atoms with E-state index in [1.165, 1.54) is 16.9 Å². The Kier molecular flexibility index (Phi) is 3.52. The summed E-state index contributed by atoms with van der Waals surface area (Å²) < 4.78 is 5.12. The summed E-state index contributed by atoms with van der Waals surface area (Å²) in [7, 11) is 1.60. The van der Waals surface area contributed by atoms with Gasteiger partial charge >= 0.3 is 0 Å². The molecule has 0 saturated heterocycles. The van der Waals surface area contributed by atoms with Crippen molar-refractivity contribution in [2.45, 2.75) is 25.4 Å². The Morgan fingerprint density at radius 3 is 2.84 bits per heavy atom. The van der Waals surface area contributed by atoms with Crippen LogP contribution in [-0.4, -0.2) is 12.2 Å².